The van der Waals surface area contributed by atoms with Gasteiger partial charge in [0.15, 0.2) is 11.5 Å². The van der Waals surface area contributed by atoms with E-state index < -0.39 is 0 Å². The quantitative estimate of drug-likeness (QED) is 0.666. The van der Waals surface area contributed by atoms with Gasteiger partial charge in [-0.3, -0.25) is 0 Å². The zero-order valence-electron chi connectivity index (χ0n) is 17.1. The van der Waals surface area contributed by atoms with E-state index >= 15 is 0 Å². The average molecular weight is 393 g/mol. The van der Waals surface area contributed by atoms with Crippen LogP contribution in [0, 0.1) is 0 Å². The molecule has 2 fully saturated rings. The van der Waals surface area contributed by atoms with Crippen molar-refractivity contribution in [2.24, 2.45) is 0 Å². The Hall–Kier alpha value is -2.97. The van der Waals surface area contributed by atoms with Gasteiger partial charge in [0.25, 0.3) is 0 Å². The smallest absolute Gasteiger partial charge is 0.178 e. The van der Waals surface area contributed by atoms with Crippen LogP contribution in [0.4, 0.5) is 17.5 Å². The molecule has 0 unspecified atom stereocenters. The molecule has 0 spiro atoms. The van der Waals surface area contributed by atoms with Gasteiger partial charge in [-0.25, -0.2) is 9.97 Å². The van der Waals surface area contributed by atoms with Gasteiger partial charge >= 0.3 is 0 Å². The summed E-state index contributed by atoms with van der Waals surface area (Å²) in [6, 6.07) is 6.16. The second kappa shape index (κ2) is 7.46. The lowest BCUT2D eigenvalue weighted by atomic mass is 9.96. The van der Waals surface area contributed by atoms with Crippen LogP contribution in [0.2, 0.25) is 0 Å². The molecule has 0 saturated carbocycles. The molecule has 0 aliphatic carbocycles. The minimum atomic E-state index is 0.359. The molecule has 29 heavy (non-hydrogen) atoms. The topological polar surface area (TPSA) is 78.6 Å². The van der Waals surface area contributed by atoms with Gasteiger partial charge in [-0.1, -0.05) is 0 Å². The Morgan fingerprint density at radius 3 is 2.41 bits per heavy atom. The number of hydrogen-bond donors (Lipinski definition) is 0. The largest absolute Gasteiger partial charge is 0.363 e. The second-order valence-corrected chi connectivity index (χ2v) is 8.10. The van der Waals surface area contributed by atoms with Crippen LogP contribution in [0.25, 0.3) is 5.65 Å². The highest BCUT2D eigenvalue weighted by atomic mass is 15.4. The number of rotatable bonds is 4. The summed E-state index contributed by atoms with van der Waals surface area (Å²) in [6.45, 7) is 4.05. The van der Waals surface area contributed by atoms with Crippen molar-refractivity contribution >= 4 is 23.1 Å². The summed E-state index contributed by atoms with van der Waals surface area (Å²) in [6.07, 6.45) is 6.15. The molecule has 0 aromatic carbocycles. The van der Waals surface area contributed by atoms with Crippen LogP contribution in [0.1, 0.15) is 37.4 Å². The second-order valence-electron chi connectivity index (χ2n) is 8.10. The van der Waals surface area contributed by atoms with E-state index in [0.717, 1.165) is 67.9 Å². The Morgan fingerprint density at radius 1 is 0.897 bits per heavy atom. The fraction of sp³-hybridized carbons (Fsp3) is 0.550. The van der Waals surface area contributed by atoms with Crippen molar-refractivity contribution < 1.29 is 0 Å². The van der Waals surface area contributed by atoms with Crippen molar-refractivity contribution in [3.8, 4) is 0 Å². The Bertz CT molecular complexity index is 985. The van der Waals surface area contributed by atoms with Crippen LogP contribution in [0.15, 0.2) is 24.5 Å². The highest BCUT2D eigenvalue weighted by Gasteiger charge is 2.26. The Labute approximate surface area is 170 Å². The summed E-state index contributed by atoms with van der Waals surface area (Å²) in [5, 5.41) is 13.7. The van der Waals surface area contributed by atoms with E-state index in [4.69, 9.17) is 5.10 Å². The van der Waals surface area contributed by atoms with Gasteiger partial charge in [-0.05, 0) is 37.8 Å². The van der Waals surface area contributed by atoms with Crippen molar-refractivity contribution in [2.45, 2.75) is 31.6 Å². The third-order valence-corrected chi connectivity index (χ3v) is 5.98. The maximum atomic E-state index is 4.88. The van der Waals surface area contributed by atoms with E-state index in [9.17, 15) is 0 Å². The lowest BCUT2D eigenvalue weighted by Gasteiger charge is -2.32. The molecule has 2 saturated heterocycles. The van der Waals surface area contributed by atoms with Crippen LogP contribution in [0.3, 0.4) is 0 Å². The standard InChI is InChI=1S/C20H27N9/c1-26(2)18-13-19(22-14-21-18)28-11-7-15(8-12-28)20-24-23-16-5-6-17(25-29(16)20)27-9-3-4-10-27/h5-6,13-15H,3-4,7-12H2,1-2H3. The molecular weight excluding hydrogens is 366 g/mol. The zero-order valence-corrected chi connectivity index (χ0v) is 17.1. The number of aromatic nitrogens is 6. The van der Waals surface area contributed by atoms with Gasteiger partial charge in [0, 0.05) is 52.3 Å². The average Bonchev–Trinajstić information content (AvgIpc) is 3.43. The predicted molar refractivity (Wildman–Crippen MR) is 113 cm³/mol. The van der Waals surface area contributed by atoms with Crippen molar-refractivity contribution in [1.82, 2.24) is 29.8 Å². The fourth-order valence-corrected chi connectivity index (χ4v) is 4.29. The van der Waals surface area contributed by atoms with E-state index in [0.29, 0.717) is 5.92 Å². The number of hydrogen-bond acceptors (Lipinski definition) is 8. The van der Waals surface area contributed by atoms with E-state index in [-0.39, 0.29) is 0 Å². The molecule has 0 atom stereocenters. The zero-order chi connectivity index (χ0) is 19.8. The molecule has 2 aliphatic rings. The summed E-state index contributed by atoms with van der Waals surface area (Å²) in [5.74, 6) is 4.29. The van der Waals surface area contributed by atoms with Crippen molar-refractivity contribution in [1.29, 1.82) is 0 Å². The minimum absolute atomic E-state index is 0.359. The maximum Gasteiger partial charge on any atom is 0.178 e. The van der Waals surface area contributed by atoms with Crippen LogP contribution >= 0.6 is 0 Å². The highest BCUT2D eigenvalue weighted by molar-refractivity contribution is 5.50. The normalized spacial score (nSPS) is 18.0. The minimum Gasteiger partial charge on any atom is -0.363 e. The van der Waals surface area contributed by atoms with Crippen LogP contribution in [-0.2, 0) is 0 Å². The van der Waals surface area contributed by atoms with Gasteiger partial charge in [-0.15, -0.1) is 15.3 Å². The molecule has 9 nitrogen and oxygen atoms in total. The van der Waals surface area contributed by atoms with Gasteiger partial charge in [-0.2, -0.15) is 4.52 Å². The monoisotopic (exact) mass is 393 g/mol. The molecule has 3 aromatic rings. The van der Waals surface area contributed by atoms with Crippen molar-refractivity contribution in [2.75, 3.05) is 55.0 Å². The molecule has 2 aliphatic heterocycles. The molecule has 5 heterocycles. The summed E-state index contributed by atoms with van der Waals surface area (Å²) < 4.78 is 1.96. The summed E-state index contributed by atoms with van der Waals surface area (Å²) in [5.41, 5.74) is 0.830. The van der Waals surface area contributed by atoms with Crippen LogP contribution in [0.5, 0.6) is 0 Å². The highest BCUT2D eigenvalue weighted by Crippen LogP contribution is 2.30. The summed E-state index contributed by atoms with van der Waals surface area (Å²) in [4.78, 5) is 15.5. The van der Waals surface area contributed by atoms with Gasteiger partial charge in [0.2, 0.25) is 0 Å². The Morgan fingerprint density at radius 2 is 1.66 bits per heavy atom. The maximum absolute atomic E-state index is 4.88. The molecular formula is C20H27N9. The number of anilines is 3. The van der Waals surface area contributed by atoms with Crippen molar-refractivity contribution in [3.63, 3.8) is 0 Å². The molecule has 5 rings (SSSR count). The molecule has 3 aromatic heterocycles. The fourth-order valence-electron chi connectivity index (χ4n) is 4.29. The molecule has 9 heteroatoms. The molecule has 0 amide bonds. The first-order chi connectivity index (χ1) is 14.2. The van der Waals surface area contributed by atoms with Crippen LogP contribution < -0.4 is 14.7 Å². The SMILES string of the molecule is CN(C)c1cc(N2CCC(c3nnc4ccc(N5CCCC5)nn34)CC2)ncn1. The summed E-state index contributed by atoms with van der Waals surface area (Å²) >= 11 is 0. The van der Waals surface area contributed by atoms with Crippen LogP contribution in [-0.4, -0.2) is 70.1 Å². The molecule has 0 bridgehead atoms. The molecule has 0 radical (unpaired) electrons. The third kappa shape index (κ3) is 3.45. The first-order valence-corrected chi connectivity index (χ1v) is 10.4. The van der Waals surface area contributed by atoms with E-state index in [1.54, 1.807) is 6.33 Å². The Balaban J connectivity index is 1.33. The predicted octanol–water partition coefficient (Wildman–Crippen LogP) is 1.96. The van der Waals surface area contributed by atoms with Gasteiger partial charge < -0.3 is 14.7 Å². The van der Waals surface area contributed by atoms with E-state index in [1.807, 2.05) is 29.6 Å². The first kappa shape index (κ1) is 18.1. The lowest BCUT2D eigenvalue weighted by molar-refractivity contribution is 0.475. The lowest BCUT2D eigenvalue weighted by Crippen LogP contribution is -2.34. The van der Waals surface area contributed by atoms with E-state index in [2.05, 4.69) is 42.1 Å². The van der Waals surface area contributed by atoms with Crippen molar-refractivity contribution in [3.05, 3.63) is 30.4 Å². The number of piperidine rings is 1. The first-order valence-electron chi connectivity index (χ1n) is 10.4. The van der Waals surface area contributed by atoms with Gasteiger partial charge in [0.1, 0.15) is 23.8 Å². The Kier molecular flexibility index (Phi) is 4.65. The summed E-state index contributed by atoms with van der Waals surface area (Å²) in [7, 11) is 4.00. The number of nitrogens with zero attached hydrogens (tertiary/aromatic N) is 9. The molecule has 152 valence electrons. The van der Waals surface area contributed by atoms with E-state index in [1.165, 1.54) is 12.8 Å². The third-order valence-electron chi connectivity index (χ3n) is 5.98. The van der Waals surface area contributed by atoms with Gasteiger partial charge in [0.05, 0.1) is 0 Å². The molecule has 0 N–H and O–H groups in total. The number of fused-ring (bicyclic) bond motifs is 1.